The number of nitrogens with zero attached hydrogens (tertiary/aromatic N) is 3. The summed E-state index contributed by atoms with van der Waals surface area (Å²) in [5.74, 6) is -0.671. The van der Waals surface area contributed by atoms with Crippen LogP contribution in [0.15, 0.2) is 146 Å². The summed E-state index contributed by atoms with van der Waals surface area (Å²) in [6.45, 7) is 9.32. The third kappa shape index (κ3) is 27.5. The molecule has 17 nitrogen and oxygen atoms in total. The first kappa shape index (κ1) is 68.3. The molecule has 5 rings (SSSR count). The van der Waals surface area contributed by atoms with E-state index in [0.29, 0.717) is 72.9 Å². The molecular formula is C69H87N3O14. The molecule has 0 heterocycles. The number of azo groups is 1. The zero-order chi connectivity index (χ0) is 61.4. The van der Waals surface area contributed by atoms with E-state index in [1.54, 1.807) is 84.9 Å². The van der Waals surface area contributed by atoms with Crippen LogP contribution < -0.4 is 28.6 Å². The van der Waals surface area contributed by atoms with Crippen molar-refractivity contribution in [3.8, 4) is 28.7 Å². The summed E-state index contributed by atoms with van der Waals surface area (Å²) in [5, 5.41) is 16.7. The second-order valence-corrected chi connectivity index (χ2v) is 21.0. The molecule has 0 amide bonds. The van der Waals surface area contributed by atoms with E-state index < -0.39 is 17.9 Å². The Morgan fingerprint density at radius 1 is 0.419 bits per heavy atom. The number of benzene rings is 5. The Morgan fingerprint density at radius 2 is 0.779 bits per heavy atom. The van der Waals surface area contributed by atoms with E-state index in [9.17, 15) is 29.2 Å². The molecule has 0 aromatic heterocycles. The highest BCUT2D eigenvalue weighted by Gasteiger charge is 2.24. The molecule has 86 heavy (non-hydrogen) atoms. The molecule has 462 valence electrons. The molecule has 0 atom stereocenters. The fraction of sp³-hybridized carbons (Fsp3) is 0.435. The van der Waals surface area contributed by atoms with Crippen LogP contribution in [0.3, 0.4) is 0 Å². The van der Waals surface area contributed by atoms with Crippen molar-refractivity contribution in [3.05, 3.63) is 162 Å². The number of carbonyl (C=O) groups is 5. The molecule has 0 unspecified atom stereocenters. The number of rotatable bonds is 44. The monoisotopic (exact) mass is 1180 g/mol. The van der Waals surface area contributed by atoms with Gasteiger partial charge in [0.15, 0.2) is 0 Å². The Balaban J connectivity index is 1.06. The largest absolute Gasteiger partial charge is 0.594 e. The number of unbranched alkanes of at least 4 members (excludes halogenated alkanes) is 19. The Kier molecular flexibility index (Phi) is 32.4. The molecule has 17 heteroatoms. The third-order valence-electron chi connectivity index (χ3n) is 13.9. The van der Waals surface area contributed by atoms with Gasteiger partial charge in [0, 0.05) is 49.2 Å². The van der Waals surface area contributed by atoms with Gasteiger partial charge >= 0.3 is 29.8 Å². The minimum absolute atomic E-state index is 0.0294. The molecule has 0 spiro atoms. The summed E-state index contributed by atoms with van der Waals surface area (Å²) >= 11 is 0. The van der Waals surface area contributed by atoms with Gasteiger partial charge in [-0.15, -0.1) is 0 Å². The Hall–Kier alpha value is -8.47. The van der Waals surface area contributed by atoms with Crippen molar-refractivity contribution in [2.75, 3.05) is 58.6 Å². The standard InChI is InChI=1S/C69H87N3O14/c1-5-65(73)82-50-26-19-15-11-7-9-13-17-23-47-80-59-38-42-61(43-39-59)85-67(75)54-29-46-63(69(77)86-62-44-40-60(41-45-62)81-48-24-18-14-10-8-12-16-20-27-51-83-66(74)6-2)64(53-54)68(76)84-52-28-22-21-25-49-79-58-36-30-55(31-37-58)70-72(78)57-34-32-56(33-35-57)71(3)4/h5-6,29-46,53H,1-2,7-28,47-52H2,3-4H3. The second kappa shape index (κ2) is 40.7. The zero-order valence-electron chi connectivity index (χ0n) is 50.4. The van der Waals surface area contributed by atoms with Gasteiger partial charge < -0.3 is 48.0 Å². The molecule has 0 saturated carbocycles. The maximum atomic E-state index is 13.8. The molecular weight excluding hydrogens is 1090 g/mol. The minimum Gasteiger partial charge on any atom is -0.594 e. The van der Waals surface area contributed by atoms with Crippen LogP contribution in [-0.2, 0) is 23.8 Å². The van der Waals surface area contributed by atoms with Crippen LogP contribution in [0.2, 0.25) is 0 Å². The highest BCUT2D eigenvalue weighted by Crippen LogP contribution is 2.26. The summed E-state index contributed by atoms with van der Waals surface area (Å²) in [4.78, 5) is 65.8. The number of ether oxygens (including phenoxy) is 8. The van der Waals surface area contributed by atoms with Gasteiger partial charge in [-0.05, 0) is 154 Å². The van der Waals surface area contributed by atoms with Crippen LogP contribution in [0, 0.1) is 5.21 Å². The van der Waals surface area contributed by atoms with E-state index >= 15 is 0 Å². The number of hydrogen-bond acceptors (Lipinski definition) is 16. The van der Waals surface area contributed by atoms with E-state index in [-0.39, 0.29) is 46.7 Å². The van der Waals surface area contributed by atoms with Crippen molar-refractivity contribution in [1.82, 2.24) is 0 Å². The average molecular weight is 1180 g/mol. The van der Waals surface area contributed by atoms with Crippen LogP contribution in [0.4, 0.5) is 17.1 Å². The van der Waals surface area contributed by atoms with E-state index in [1.807, 2.05) is 31.1 Å². The van der Waals surface area contributed by atoms with Gasteiger partial charge in [-0.1, -0.05) is 108 Å². The lowest BCUT2D eigenvalue weighted by atomic mass is 10.0. The summed E-state index contributed by atoms with van der Waals surface area (Å²) < 4.78 is 44.9. The van der Waals surface area contributed by atoms with E-state index in [2.05, 4.69) is 18.3 Å². The van der Waals surface area contributed by atoms with E-state index in [1.165, 1.54) is 43.2 Å². The van der Waals surface area contributed by atoms with E-state index in [0.717, 1.165) is 128 Å². The highest BCUT2D eigenvalue weighted by molar-refractivity contribution is 6.06. The quantitative estimate of drug-likeness (QED) is 0.00521. The topological polar surface area (TPSA) is 201 Å². The summed E-state index contributed by atoms with van der Waals surface area (Å²) in [7, 11) is 3.86. The lowest BCUT2D eigenvalue weighted by Gasteiger charge is -2.12. The summed E-state index contributed by atoms with van der Waals surface area (Å²) in [6.07, 6.45) is 24.4. The fourth-order valence-electron chi connectivity index (χ4n) is 8.92. The van der Waals surface area contributed by atoms with Gasteiger partial charge in [0.05, 0.1) is 56.3 Å². The van der Waals surface area contributed by atoms with Crippen molar-refractivity contribution in [2.45, 2.75) is 141 Å². The first-order valence-corrected chi connectivity index (χ1v) is 30.4. The molecule has 0 radical (unpaired) electrons. The van der Waals surface area contributed by atoms with Crippen LogP contribution in [0.25, 0.3) is 0 Å². The van der Waals surface area contributed by atoms with Crippen molar-refractivity contribution >= 4 is 46.9 Å². The lowest BCUT2D eigenvalue weighted by Crippen LogP contribution is -2.18. The molecule has 0 fully saturated rings. The molecule has 0 N–H and O–H groups in total. The second-order valence-electron chi connectivity index (χ2n) is 21.0. The number of hydrogen-bond donors (Lipinski definition) is 0. The SMILES string of the molecule is C=CC(=O)OCCCCCCCCCCCOc1ccc(OC(=O)c2ccc(C(=O)Oc3ccc(OCCCCCCCCCCCOC(=O)C=C)cc3)c(C(=O)OCCCCCCOc3ccc(N=[N+]([O-])c4ccc(N(C)C)cc4)cc3)c2)cc1. The van der Waals surface area contributed by atoms with Crippen LogP contribution in [-0.4, -0.2) is 88.4 Å². The molecule has 0 saturated heterocycles. The Bertz CT molecular complexity index is 2850. The van der Waals surface area contributed by atoms with E-state index in [4.69, 9.17) is 37.9 Å². The van der Waals surface area contributed by atoms with Crippen LogP contribution in [0.1, 0.15) is 172 Å². The smallest absolute Gasteiger partial charge is 0.344 e. The zero-order valence-corrected chi connectivity index (χ0v) is 50.4. The fourth-order valence-corrected chi connectivity index (χ4v) is 8.92. The van der Waals surface area contributed by atoms with Crippen molar-refractivity contribution < 1.29 is 66.7 Å². The first-order valence-electron chi connectivity index (χ1n) is 30.4. The summed E-state index contributed by atoms with van der Waals surface area (Å²) in [5.41, 5.74) is 1.69. The van der Waals surface area contributed by atoms with Crippen LogP contribution >= 0.6 is 0 Å². The van der Waals surface area contributed by atoms with Gasteiger partial charge in [0.2, 0.25) is 5.69 Å². The van der Waals surface area contributed by atoms with Gasteiger partial charge in [0.1, 0.15) is 34.4 Å². The maximum Gasteiger partial charge on any atom is 0.344 e. The van der Waals surface area contributed by atoms with Crippen LogP contribution in [0.5, 0.6) is 28.7 Å². The summed E-state index contributed by atoms with van der Waals surface area (Å²) in [6, 6.07) is 31.6. The minimum atomic E-state index is -0.813. The van der Waals surface area contributed by atoms with Gasteiger partial charge in [-0.3, -0.25) is 0 Å². The predicted octanol–water partition coefficient (Wildman–Crippen LogP) is 16.2. The van der Waals surface area contributed by atoms with Gasteiger partial charge in [0.25, 0.3) is 0 Å². The van der Waals surface area contributed by atoms with Gasteiger partial charge in [-0.2, -0.15) is 0 Å². The molecule has 5 aromatic carbocycles. The third-order valence-corrected chi connectivity index (χ3v) is 13.9. The predicted molar refractivity (Wildman–Crippen MR) is 332 cm³/mol. The van der Waals surface area contributed by atoms with Gasteiger partial charge in [-0.25, -0.2) is 24.0 Å². The number of anilines is 1. The molecule has 0 bridgehead atoms. The normalized spacial score (nSPS) is 11.0. The van der Waals surface area contributed by atoms with Crippen molar-refractivity contribution in [3.63, 3.8) is 0 Å². The number of carbonyl (C=O) groups excluding carboxylic acids is 5. The lowest BCUT2D eigenvalue weighted by molar-refractivity contribution is -0.435. The number of esters is 5. The Morgan fingerprint density at radius 3 is 1.19 bits per heavy atom. The average Bonchev–Trinajstić information content (AvgIpc) is 3.43. The maximum absolute atomic E-state index is 13.8. The molecule has 0 aliphatic carbocycles. The van der Waals surface area contributed by atoms with Crippen molar-refractivity contribution in [2.24, 2.45) is 5.11 Å². The molecule has 0 aliphatic heterocycles. The molecule has 0 aliphatic rings. The molecule has 5 aromatic rings. The highest BCUT2D eigenvalue weighted by atomic mass is 16.6. The first-order chi connectivity index (χ1) is 41.9. The van der Waals surface area contributed by atoms with Crippen molar-refractivity contribution in [1.29, 1.82) is 0 Å². The Labute approximate surface area is 507 Å².